The molecule has 0 aromatic heterocycles. The highest BCUT2D eigenvalue weighted by Gasteiger charge is 2.12. The van der Waals surface area contributed by atoms with Crippen molar-refractivity contribution in [3.8, 4) is 0 Å². The van der Waals surface area contributed by atoms with Gasteiger partial charge in [0.2, 0.25) is 5.91 Å². The Hall–Kier alpha value is -1.22. The number of carbonyl (C=O) groups excluding carboxylic acids is 1. The summed E-state index contributed by atoms with van der Waals surface area (Å²) in [7, 11) is 0. The van der Waals surface area contributed by atoms with Gasteiger partial charge >= 0.3 is 0 Å². The highest BCUT2D eigenvalue weighted by atomic mass is 32.2. The zero-order valence-corrected chi connectivity index (χ0v) is 13.6. The van der Waals surface area contributed by atoms with E-state index in [9.17, 15) is 4.79 Å². The summed E-state index contributed by atoms with van der Waals surface area (Å²) < 4.78 is 0. The summed E-state index contributed by atoms with van der Waals surface area (Å²) >= 11 is 2.02. The SMILES string of the molecule is Cc1ccc(/C=C/C(=O)NCCSC2CCCCC2)cc1. The minimum atomic E-state index is -0.000167. The molecule has 0 spiro atoms. The molecule has 21 heavy (non-hydrogen) atoms. The molecule has 1 N–H and O–H groups in total. The summed E-state index contributed by atoms with van der Waals surface area (Å²) in [5.74, 6) is 1.02. The lowest BCUT2D eigenvalue weighted by Gasteiger charge is -2.20. The second-order valence-electron chi connectivity index (χ2n) is 5.67. The van der Waals surface area contributed by atoms with Crippen molar-refractivity contribution in [2.75, 3.05) is 12.3 Å². The quantitative estimate of drug-likeness (QED) is 0.630. The fourth-order valence-corrected chi connectivity index (χ4v) is 3.76. The van der Waals surface area contributed by atoms with Crippen molar-refractivity contribution in [1.82, 2.24) is 5.32 Å². The van der Waals surface area contributed by atoms with Gasteiger partial charge in [-0.3, -0.25) is 4.79 Å². The van der Waals surface area contributed by atoms with Gasteiger partial charge in [-0.25, -0.2) is 0 Å². The van der Waals surface area contributed by atoms with Crippen molar-refractivity contribution < 1.29 is 4.79 Å². The van der Waals surface area contributed by atoms with Gasteiger partial charge in [0.1, 0.15) is 0 Å². The largest absolute Gasteiger partial charge is 0.352 e. The van der Waals surface area contributed by atoms with Gasteiger partial charge in [-0.2, -0.15) is 11.8 Å². The first-order valence-corrected chi connectivity index (χ1v) is 8.93. The molecule has 1 aromatic rings. The van der Waals surface area contributed by atoms with E-state index in [1.165, 1.54) is 37.7 Å². The molecule has 2 rings (SSSR count). The third-order valence-corrected chi connectivity index (χ3v) is 5.19. The number of benzene rings is 1. The zero-order valence-electron chi connectivity index (χ0n) is 12.8. The van der Waals surface area contributed by atoms with Gasteiger partial charge in [0.05, 0.1) is 0 Å². The lowest BCUT2D eigenvalue weighted by Crippen LogP contribution is -2.24. The van der Waals surface area contributed by atoms with Crippen LogP contribution in [0, 0.1) is 6.92 Å². The highest BCUT2D eigenvalue weighted by molar-refractivity contribution is 7.99. The molecule has 2 nitrogen and oxygen atoms in total. The van der Waals surface area contributed by atoms with Gasteiger partial charge in [0.25, 0.3) is 0 Å². The Morgan fingerprint density at radius 3 is 2.67 bits per heavy atom. The Balaban J connectivity index is 1.61. The molecule has 114 valence electrons. The molecule has 3 heteroatoms. The predicted octanol–water partition coefficient (Wildman–Crippen LogP) is 4.19. The number of rotatable bonds is 6. The summed E-state index contributed by atoms with van der Waals surface area (Å²) in [4.78, 5) is 11.7. The van der Waals surface area contributed by atoms with E-state index < -0.39 is 0 Å². The van der Waals surface area contributed by atoms with Crippen LogP contribution in [0.5, 0.6) is 0 Å². The molecule has 1 amide bonds. The molecule has 1 saturated carbocycles. The molecule has 0 radical (unpaired) electrons. The minimum absolute atomic E-state index is 0.000167. The van der Waals surface area contributed by atoms with Crippen molar-refractivity contribution in [1.29, 1.82) is 0 Å². The van der Waals surface area contributed by atoms with Crippen LogP contribution in [-0.4, -0.2) is 23.5 Å². The van der Waals surface area contributed by atoms with Crippen LogP contribution in [-0.2, 0) is 4.79 Å². The Morgan fingerprint density at radius 2 is 1.95 bits per heavy atom. The summed E-state index contributed by atoms with van der Waals surface area (Å²) in [6.45, 7) is 2.82. The summed E-state index contributed by atoms with van der Waals surface area (Å²) in [6, 6.07) is 8.16. The van der Waals surface area contributed by atoms with Crippen LogP contribution in [0.1, 0.15) is 43.2 Å². The van der Waals surface area contributed by atoms with Crippen LogP contribution in [0.4, 0.5) is 0 Å². The molecule has 0 atom stereocenters. The van der Waals surface area contributed by atoms with Gasteiger partial charge in [0.15, 0.2) is 0 Å². The average molecular weight is 303 g/mol. The fraction of sp³-hybridized carbons (Fsp3) is 0.500. The van der Waals surface area contributed by atoms with E-state index >= 15 is 0 Å². The van der Waals surface area contributed by atoms with Crippen LogP contribution in [0.25, 0.3) is 6.08 Å². The number of carbonyl (C=O) groups is 1. The number of thioether (sulfide) groups is 1. The average Bonchev–Trinajstić information content (AvgIpc) is 2.52. The maximum absolute atomic E-state index is 11.7. The van der Waals surface area contributed by atoms with E-state index in [0.717, 1.165) is 23.1 Å². The molecule has 1 aromatic carbocycles. The monoisotopic (exact) mass is 303 g/mol. The molecule has 0 heterocycles. The van der Waals surface area contributed by atoms with Crippen molar-refractivity contribution in [2.45, 2.75) is 44.3 Å². The molecular formula is C18H25NOS. The van der Waals surface area contributed by atoms with E-state index in [1.54, 1.807) is 6.08 Å². The third-order valence-electron chi connectivity index (χ3n) is 3.81. The molecule has 0 saturated heterocycles. The van der Waals surface area contributed by atoms with E-state index in [2.05, 4.69) is 24.4 Å². The van der Waals surface area contributed by atoms with Crippen LogP contribution >= 0.6 is 11.8 Å². The topological polar surface area (TPSA) is 29.1 Å². The number of aryl methyl sites for hydroxylation is 1. The van der Waals surface area contributed by atoms with Crippen LogP contribution in [0.2, 0.25) is 0 Å². The number of hydrogen-bond donors (Lipinski definition) is 1. The first-order valence-electron chi connectivity index (χ1n) is 7.88. The predicted molar refractivity (Wildman–Crippen MR) is 92.6 cm³/mol. The number of hydrogen-bond acceptors (Lipinski definition) is 2. The van der Waals surface area contributed by atoms with Crippen molar-refractivity contribution in [2.24, 2.45) is 0 Å². The normalized spacial score (nSPS) is 16.2. The maximum Gasteiger partial charge on any atom is 0.244 e. The van der Waals surface area contributed by atoms with E-state index in [-0.39, 0.29) is 5.91 Å². The Labute approximate surface area is 132 Å². The molecule has 1 fully saturated rings. The molecule has 0 aliphatic heterocycles. The fourth-order valence-electron chi connectivity index (χ4n) is 2.54. The number of amides is 1. The first-order chi connectivity index (χ1) is 10.2. The van der Waals surface area contributed by atoms with Gasteiger partial charge in [0, 0.05) is 23.6 Å². The summed E-state index contributed by atoms with van der Waals surface area (Å²) in [5.41, 5.74) is 2.30. The zero-order chi connectivity index (χ0) is 14.9. The van der Waals surface area contributed by atoms with Gasteiger partial charge < -0.3 is 5.32 Å². The molecule has 1 aliphatic rings. The van der Waals surface area contributed by atoms with Crippen LogP contribution in [0.3, 0.4) is 0 Å². The van der Waals surface area contributed by atoms with Gasteiger partial charge in [-0.1, -0.05) is 49.1 Å². The second-order valence-corrected chi connectivity index (χ2v) is 7.07. The Kier molecular flexibility index (Phi) is 6.87. The molecular weight excluding hydrogens is 278 g/mol. The minimum Gasteiger partial charge on any atom is -0.352 e. The standard InChI is InChI=1S/C18H25NOS/c1-15-7-9-16(10-8-15)11-12-18(20)19-13-14-21-17-5-3-2-4-6-17/h7-12,17H,2-6,13-14H2,1H3,(H,19,20)/b12-11+. The Bertz CT molecular complexity index is 461. The van der Waals surface area contributed by atoms with Gasteiger partial charge in [-0.05, 0) is 31.4 Å². The second kappa shape index (κ2) is 8.93. The first kappa shape index (κ1) is 16.2. The van der Waals surface area contributed by atoms with Crippen molar-refractivity contribution >= 4 is 23.7 Å². The summed E-state index contributed by atoms with van der Waals surface area (Å²) in [5, 5.41) is 3.78. The molecule has 1 aliphatic carbocycles. The van der Waals surface area contributed by atoms with E-state index in [0.29, 0.717) is 0 Å². The lowest BCUT2D eigenvalue weighted by atomic mass is 10.0. The number of nitrogens with one attached hydrogen (secondary N) is 1. The molecule has 0 unspecified atom stereocenters. The van der Waals surface area contributed by atoms with Crippen molar-refractivity contribution in [3.63, 3.8) is 0 Å². The summed E-state index contributed by atoms with van der Waals surface area (Å²) in [6.07, 6.45) is 10.3. The molecule has 0 bridgehead atoms. The van der Waals surface area contributed by atoms with Crippen molar-refractivity contribution in [3.05, 3.63) is 41.5 Å². The third kappa shape index (κ3) is 6.38. The van der Waals surface area contributed by atoms with E-state index in [1.807, 2.05) is 30.0 Å². The van der Waals surface area contributed by atoms with Crippen LogP contribution in [0.15, 0.2) is 30.3 Å². The van der Waals surface area contributed by atoms with Gasteiger partial charge in [-0.15, -0.1) is 0 Å². The van der Waals surface area contributed by atoms with E-state index in [4.69, 9.17) is 0 Å². The highest BCUT2D eigenvalue weighted by Crippen LogP contribution is 2.27. The Morgan fingerprint density at radius 1 is 1.24 bits per heavy atom. The lowest BCUT2D eigenvalue weighted by molar-refractivity contribution is -0.116. The van der Waals surface area contributed by atoms with Crippen LogP contribution < -0.4 is 5.32 Å². The smallest absolute Gasteiger partial charge is 0.244 e. The maximum atomic E-state index is 11.7.